The highest BCUT2D eigenvalue weighted by Gasteiger charge is 2.37. The van der Waals surface area contributed by atoms with Crippen LogP contribution in [-0.2, 0) is 15.2 Å². The van der Waals surface area contributed by atoms with Crippen LogP contribution in [0.2, 0.25) is 0 Å². The van der Waals surface area contributed by atoms with Crippen LogP contribution in [0.4, 0.5) is 8.78 Å². The Morgan fingerprint density at radius 1 is 1.55 bits per heavy atom. The van der Waals surface area contributed by atoms with E-state index in [1.54, 1.807) is 13.2 Å². The van der Waals surface area contributed by atoms with Crippen molar-refractivity contribution in [3.05, 3.63) is 47.2 Å². The third kappa shape index (κ3) is 3.34. The summed E-state index contributed by atoms with van der Waals surface area (Å²) in [5.74, 6) is -1.15. The van der Waals surface area contributed by atoms with E-state index in [-0.39, 0.29) is 17.2 Å². The van der Waals surface area contributed by atoms with Gasteiger partial charge in [0.1, 0.15) is 17.3 Å². The van der Waals surface area contributed by atoms with Gasteiger partial charge in [0.25, 0.3) is 5.90 Å². The molecular formula is C14H16F2N4O2. The number of ether oxygens (including phenoxy) is 1. The molecular weight excluding hydrogens is 294 g/mol. The highest BCUT2D eigenvalue weighted by Crippen LogP contribution is 2.30. The van der Waals surface area contributed by atoms with Crippen LogP contribution >= 0.6 is 0 Å². The smallest absolute Gasteiger partial charge is 0.263 e. The molecule has 1 aromatic rings. The lowest BCUT2D eigenvalue weighted by atomic mass is 10.0. The number of benzene rings is 1. The van der Waals surface area contributed by atoms with Crippen LogP contribution in [0.15, 0.2) is 40.1 Å². The Kier molecular flexibility index (Phi) is 4.94. The van der Waals surface area contributed by atoms with Crippen LogP contribution in [0.1, 0.15) is 18.9 Å². The van der Waals surface area contributed by atoms with Crippen molar-refractivity contribution >= 4 is 5.90 Å². The molecule has 118 valence electrons. The number of hydrogen-bond donors (Lipinski definition) is 2. The molecule has 0 saturated carbocycles. The monoisotopic (exact) mass is 310 g/mol. The summed E-state index contributed by atoms with van der Waals surface area (Å²) >= 11 is 0. The number of nitrogens with one attached hydrogen (secondary N) is 2. The fourth-order valence-electron chi connectivity index (χ4n) is 1.99. The molecule has 1 atom stereocenters. The highest BCUT2D eigenvalue weighted by atomic mass is 19.1. The van der Waals surface area contributed by atoms with Crippen molar-refractivity contribution in [2.45, 2.75) is 19.0 Å². The lowest BCUT2D eigenvalue weighted by molar-refractivity contribution is 0.126. The first-order valence-electron chi connectivity index (χ1n) is 6.56. The van der Waals surface area contributed by atoms with E-state index in [0.29, 0.717) is 13.0 Å². The van der Waals surface area contributed by atoms with Crippen molar-refractivity contribution in [2.24, 2.45) is 10.1 Å². The molecule has 0 spiro atoms. The van der Waals surface area contributed by atoms with Gasteiger partial charge in [0, 0.05) is 19.3 Å². The zero-order chi connectivity index (χ0) is 16.2. The molecule has 22 heavy (non-hydrogen) atoms. The van der Waals surface area contributed by atoms with Gasteiger partial charge in [-0.2, -0.15) is 5.11 Å². The maximum atomic E-state index is 13.9. The summed E-state index contributed by atoms with van der Waals surface area (Å²) in [6, 6.07) is 3.09. The minimum atomic E-state index is -1.30. The number of rotatable bonds is 6. The number of aliphatic imine (C=N–C) groups is 1. The van der Waals surface area contributed by atoms with E-state index in [1.165, 1.54) is 6.92 Å². The van der Waals surface area contributed by atoms with Crippen molar-refractivity contribution in [1.29, 1.82) is 5.53 Å². The summed E-state index contributed by atoms with van der Waals surface area (Å²) in [5, 5.41) is 3.33. The van der Waals surface area contributed by atoms with Gasteiger partial charge < -0.3 is 9.57 Å². The predicted molar refractivity (Wildman–Crippen MR) is 75.1 cm³/mol. The topological polar surface area (TPSA) is 79.1 Å². The Hall–Kier alpha value is -2.19. The molecule has 6 nitrogen and oxygen atoms in total. The van der Waals surface area contributed by atoms with Gasteiger partial charge in [0.15, 0.2) is 5.66 Å². The average molecular weight is 310 g/mol. The zero-order valence-electron chi connectivity index (χ0n) is 12.2. The fourth-order valence-corrected chi connectivity index (χ4v) is 1.99. The first-order valence-corrected chi connectivity index (χ1v) is 6.56. The summed E-state index contributed by atoms with van der Waals surface area (Å²) in [7, 11) is 1.56. The number of nitrogens with zero attached hydrogens (tertiary/aromatic N) is 2. The van der Waals surface area contributed by atoms with E-state index in [0.717, 1.165) is 18.2 Å². The van der Waals surface area contributed by atoms with Gasteiger partial charge in [-0.15, -0.1) is 5.48 Å². The molecule has 0 saturated heterocycles. The van der Waals surface area contributed by atoms with Crippen LogP contribution < -0.4 is 5.48 Å². The third-order valence-corrected chi connectivity index (χ3v) is 3.12. The minimum absolute atomic E-state index is 0.00345. The molecule has 1 heterocycles. The summed E-state index contributed by atoms with van der Waals surface area (Å²) < 4.78 is 32.1. The van der Waals surface area contributed by atoms with E-state index in [4.69, 9.17) is 15.1 Å². The summed E-state index contributed by atoms with van der Waals surface area (Å²) in [6.45, 7) is 1.99. The zero-order valence-corrected chi connectivity index (χ0v) is 12.2. The van der Waals surface area contributed by atoms with Crippen molar-refractivity contribution in [2.75, 3.05) is 13.7 Å². The van der Waals surface area contributed by atoms with Crippen molar-refractivity contribution < 1.29 is 18.4 Å². The quantitative estimate of drug-likeness (QED) is 0.626. The molecule has 0 amide bonds. The van der Waals surface area contributed by atoms with Crippen LogP contribution in [0.3, 0.4) is 0 Å². The van der Waals surface area contributed by atoms with Gasteiger partial charge in [-0.1, -0.05) is 0 Å². The molecule has 0 aliphatic carbocycles. The van der Waals surface area contributed by atoms with Gasteiger partial charge in [-0.25, -0.2) is 19.3 Å². The summed E-state index contributed by atoms with van der Waals surface area (Å²) in [6.07, 6.45) is 2.13. The molecule has 2 N–H and O–H groups in total. The number of methoxy groups -OCH3 is 1. The third-order valence-electron chi connectivity index (χ3n) is 3.12. The molecule has 2 rings (SSSR count). The lowest BCUT2D eigenvalue weighted by Gasteiger charge is -2.19. The maximum absolute atomic E-state index is 13.9. The van der Waals surface area contributed by atoms with Crippen LogP contribution in [0.5, 0.6) is 0 Å². The average Bonchev–Trinajstić information content (AvgIpc) is 2.89. The molecule has 0 radical (unpaired) electrons. The summed E-state index contributed by atoms with van der Waals surface area (Å²) in [4.78, 5) is 9.39. The van der Waals surface area contributed by atoms with Gasteiger partial charge in [0.2, 0.25) is 0 Å². The Balaban J connectivity index is 2.31. The normalized spacial score (nSPS) is 21.5. The first kappa shape index (κ1) is 16.2. The number of halogens is 2. The van der Waals surface area contributed by atoms with Crippen molar-refractivity contribution in [3.8, 4) is 0 Å². The van der Waals surface area contributed by atoms with Crippen molar-refractivity contribution in [1.82, 2.24) is 5.48 Å². The standard InChI is InChI=1S/C14H16F2N4O2/c1-14(10-8-9(15)5-6-11(10)16)18-13(22-20-14)12(19-17)4-3-7-21-2/h4-6,8,17,20H,3,7H2,1-2H3/b12-4+,19-17?. The fraction of sp³-hybridized carbons (Fsp3) is 0.357. The van der Waals surface area contributed by atoms with E-state index in [2.05, 4.69) is 15.6 Å². The van der Waals surface area contributed by atoms with Gasteiger partial charge in [-0.3, -0.25) is 0 Å². The number of hydrogen-bond acceptors (Lipinski definition) is 6. The molecule has 1 unspecified atom stereocenters. The van der Waals surface area contributed by atoms with Gasteiger partial charge >= 0.3 is 0 Å². The second-order valence-electron chi connectivity index (χ2n) is 4.80. The largest absolute Gasteiger partial charge is 0.384 e. The van der Waals surface area contributed by atoms with Gasteiger partial charge in [0.05, 0.1) is 0 Å². The predicted octanol–water partition coefficient (Wildman–Crippen LogP) is 3.02. The Morgan fingerprint density at radius 3 is 3.00 bits per heavy atom. The van der Waals surface area contributed by atoms with Crippen LogP contribution in [0.25, 0.3) is 0 Å². The summed E-state index contributed by atoms with van der Waals surface area (Å²) in [5.41, 5.74) is 8.60. The van der Waals surface area contributed by atoms with E-state index in [9.17, 15) is 8.78 Å². The maximum Gasteiger partial charge on any atom is 0.263 e. The molecule has 0 aromatic heterocycles. The van der Waals surface area contributed by atoms with E-state index in [1.807, 2.05) is 0 Å². The first-order chi connectivity index (χ1) is 10.5. The van der Waals surface area contributed by atoms with Crippen LogP contribution in [-0.4, -0.2) is 19.6 Å². The molecule has 0 fully saturated rings. The van der Waals surface area contributed by atoms with E-state index < -0.39 is 17.3 Å². The molecule has 0 bridgehead atoms. The minimum Gasteiger partial charge on any atom is -0.384 e. The second kappa shape index (κ2) is 6.71. The Bertz CT molecular complexity index is 633. The SMILES string of the molecule is COCC/C=C(/N=N)C1=NC(C)(c2cc(F)ccc2F)NO1. The highest BCUT2D eigenvalue weighted by molar-refractivity contribution is 5.94. The molecule has 1 aromatic carbocycles. The molecule has 1 aliphatic rings. The molecule has 1 aliphatic heterocycles. The number of hydroxylamine groups is 1. The lowest BCUT2D eigenvalue weighted by Crippen LogP contribution is -2.33. The van der Waals surface area contributed by atoms with Gasteiger partial charge in [-0.05, 0) is 37.6 Å². The van der Waals surface area contributed by atoms with Crippen molar-refractivity contribution in [3.63, 3.8) is 0 Å². The van der Waals surface area contributed by atoms with Crippen LogP contribution in [0, 0.1) is 17.2 Å². The van der Waals surface area contributed by atoms with E-state index >= 15 is 0 Å². The second-order valence-corrected chi connectivity index (χ2v) is 4.80. The Morgan fingerprint density at radius 2 is 2.32 bits per heavy atom. The molecule has 8 heteroatoms. The Labute approximate surface area is 126 Å².